The maximum atomic E-state index is 12.3. The molecule has 1 amide bonds. The van der Waals surface area contributed by atoms with Crippen molar-refractivity contribution in [3.05, 3.63) is 35.4 Å². The Hall–Kier alpha value is -1.31. The van der Waals surface area contributed by atoms with Gasteiger partial charge in [-0.05, 0) is 43.7 Å². The normalized spacial score (nSPS) is 22.4. The van der Waals surface area contributed by atoms with Crippen LogP contribution in [0, 0.1) is 12.8 Å². The molecule has 1 fully saturated rings. The van der Waals surface area contributed by atoms with E-state index in [1.165, 1.54) is 32.1 Å². The van der Waals surface area contributed by atoms with E-state index in [1.54, 1.807) is 0 Å². The van der Waals surface area contributed by atoms with E-state index in [-0.39, 0.29) is 5.91 Å². The first-order valence-corrected chi connectivity index (χ1v) is 7.59. The molecule has 2 heteroatoms. The molecule has 2 nitrogen and oxygen atoms in total. The minimum Gasteiger partial charge on any atom is -0.349 e. The molecule has 1 aromatic carbocycles. The summed E-state index contributed by atoms with van der Waals surface area (Å²) in [5.74, 6) is 0.791. The lowest BCUT2D eigenvalue weighted by Gasteiger charge is -2.21. The second-order valence-electron chi connectivity index (χ2n) is 5.73. The Balaban J connectivity index is 1.96. The lowest BCUT2D eigenvalue weighted by molar-refractivity contribution is 0.0926. The number of nitrogens with one attached hydrogen (secondary N) is 1. The van der Waals surface area contributed by atoms with Crippen LogP contribution in [0.4, 0.5) is 0 Å². The molecule has 0 aliphatic heterocycles. The Morgan fingerprint density at radius 3 is 2.84 bits per heavy atom. The van der Waals surface area contributed by atoms with Crippen molar-refractivity contribution in [1.82, 2.24) is 5.32 Å². The number of hydrogen-bond donors (Lipinski definition) is 1. The van der Waals surface area contributed by atoms with Gasteiger partial charge in [0.25, 0.3) is 5.91 Å². The molecule has 1 saturated carbocycles. The number of rotatable bonds is 5. The zero-order chi connectivity index (χ0) is 13.7. The molecule has 0 heterocycles. The molecular weight excluding hydrogens is 234 g/mol. The molecule has 1 N–H and O–H groups in total. The maximum Gasteiger partial charge on any atom is 0.251 e. The molecule has 104 valence electrons. The Kier molecular flexibility index (Phi) is 5.00. The molecule has 0 aromatic heterocycles. The fraction of sp³-hybridized carbons (Fsp3) is 0.588. The van der Waals surface area contributed by atoms with Gasteiger partial charge in [-0.15, -0.1) is 0 Å². The topological polar surface area (TPSA) is 29.1 Å². The molecule has 0 spiro atoms. The largest absolute Gasteiger partial charge is 0.349 e. The van der Waals surface area contributed by atoms with Gasteiger partial charge >= 0.3 is 0 Å². The van der Waals surface area contributed by atoms with Crippen LogP contribution in [-0.2, 0) is 0 Å². The van der Waals surface area contributed by atoms with Gasteiger partial charge in [-0.25, -0.2) is 0 Å². The first-order chi connectivity index (χ1) is 9.22. The SMILES string of the molecule is CCCCC1CCCC1NC(=O)c1ccccc1C. The fourth-order valence-corrected chi connectivity index (χ4v) is 3.11. The summed E-state index contributed by atoms with van der Waals surface area (Å²) < 4.78 is 0. The van der Waals surface area contributed by atoms with Crippen molar-refractivity contribution in [1.29, 1.82) is 0 Å². The van der Waals surface area contributed by atoms with Crippen LogP contribution >= 0.6 is 0 Å². The second-order valence-corrected chi connectivity index (χ2v) is 5.73. The summed E-state index contributed by atoms with van der Waals surface area (Å²) in [5, 5.41) is 3.26. The molecule has 2 unspecified atom stereocenters. The minimum atomic E-state index is 0.103. The van der Waals surface area contributed by atoms with Gasteiger partial charge in [0, 0.05) is 11.6 Å². The van der Waals surface area contributed by atoms with Gasteiger partial charge in [0.1, 0.15) is 0 Å². The number of carbonyl (C=O) groups is 1. The van der Waals surface area contributed by atoms with E-state index < -0.39 is 0 Å². The van der Waals surface area contributed by atoms with Crippen molar-refractivity contribution in [2.75, 3.05) is 0 Å². The van der Waals surface area contributed by atoms with Crippen LogP contribution in [0.15, 0.2) is 24.3 Å². The Morgan fingerprint density at radius 2 is 2.11 bits per heavy atom. The van der Waals surface area contributed by atoms with Crippen molar-refractivity contribution >= 4 is 5.91 Å². The third kappa shape index (κ3) is 3.59. The van der Waals surface area contributed by atoms with E-state index in [2.05, 4.69) is 12.2 Å². The standard InChI is InChI=1S/C17H25NO/c1-3-4-9-14-10-7-12-16(14)18-17(19)15-11-6-5-8-13(15)2/h5-6,8,11,14,16H,3-4,7,9-10,12H2,1-2H3,(H,18,19). The van der Waals surface area contributed by atoms with Crippen LogP contribution in [0.1, 0.15) is 61.4 Å². The summed E-state index contributed by atoms with van der Waals surface area (Å²) >= 11 is 0. The van der Waals surface area contributed by atoms with Gasteiger partial charge < -0.3 is 5.32 Å². The van der Waals surface area contributed by atoms with Crippen LogP contribution < -0.4 is 5.32 Å². The quantitative estimate of drug-likeness (QED) is 0.848. The Labute approximate surface area is 116 Å². The van der Waals surface area contributed by atoms with Gasteiger partial charge in [-0.2, -0.15) is 0 Å². The molecule has 1 aromatic rings. The number of carbonyl (C=O) groups excluding carboxylic acids is 1. The average molecular weight is 259 g/mol. The average Bonchev–Trinajstić information content (AvgIpc) is 2.84. The summed E-state index contributed by atoms with van der Waals surface area (Å²) in [6.45, 7) is 4.23. The molecule has 2 atom stereocenters. The van der Waals surface area contributed by atoms with Crippen molar-refractivity contribution < 1.29 is 4.79 Å². The third-order valence-corrected chi connectivity index (χ3v) is 4.29. The van der Waals surface area contributed by atoms with Gasteiger partial charge in [0.2, 0.25) is 0 Å². The molecule has 0 radical (unpaired) electrons. The van der Waals surface area contributed by atoms with Crippen LogP contribution in [0.5, 0.6) is 0 Å². The summed E-state index contributed by atoms with van der Waals surface area (Å²) in [5.41, 5.74) is 1.88. The zero-order valence-electron chi connectivity index (χ0n) is 12.1. The van der Waals surface area contributed by atoms with Crippen LogP contribution in [0.25, 0.3) is 0 Å². The molecule has 0 saturated heterocycles. The first kappa shape index (κ1) is 14.1. The van der Waals surface area contributed by atoms with Crippen molar-refractivity contribution in [2.45, 2.75) is 58.4 Å². The highest BCUT2D eigenvalue weighted by atomic mass is 16.1. The molecule has 0 bridgehead atoms. The Morgan fingerprint density at radius 1 is 1.32 bits per heavy atom. The predicted octanol–water partition coefficient (Wildman–Crippen LogP) is 4.08. The summed E-state index contributed by atoms with van der Waals surface area (Å²) in [6.07, 6.45) is 7.46. The van der Waals surface area contributed by atoms with E-state index in [4.69, 9.17) is 0 Å². The predicted molar refractivity (Wildman–Crippen MR) is 79.3 cm³/mol. The van der Waals surface area contributed by atoms with Crippen LogP contribution in [0.3, 0.4) is 0 Å². The number of aryl methyl sites for hydroxylation is 1. The van der Waals surface area contributed by atoms with Crippen molar-refractivity contribution in [2.24, 2.45) is 5.92 Å². The van der Waals surface area contributed by atoms with E-state index >= 15 is 0 Å². The van der Waals surface area contributed by atoms with Gasteiger partial charge in [0.15, 0.2) is 0 Å². The first-order valence-electron chi connectivity index (χ1n) is 7.59. The van der Waals surface area contributed by atoms with Gasteiger partial charge in [-0.3, -0.25) is 4.79 Å². The van der Waals surface area contributed by atoms with Gasteiger partial charge in [0.05, 0.1) is 0 Å². The summed E-state index contributed by atoms with van der Waals surface area (Å²) in [7, 11) is 0. The second kappa shape index (κ2) is 6.74. The fourth-order valence-electron chi connectivity index (χ4n) is 3.11. The highest BCUT2D eigenvalue weighted by molar-refractivity contribution is 5.95. The molecule has 1 aliphatic rings. The maximum absolute atomic E-state index is 12.3. The van der Waals surface area contributed by atoms with E-state index in [9.17, 15) is 4.79 Å². The lowest BCUT2D eigenvalue weighted by atomic mass is 9.96. The van der Waals surface area contributed by atoms with Crippen LogP contribution in [0.2, 0.25) is 0 Å². The number of benzene rings is 1. The third-order valence-electron chi connectivity index (χ3n) is 4.29. The van der Waals surface area contributed by atoms with E-state index in [1.807, 2.05) is 31.2 Å². The number of hydrogen-bond acceptors (Lipinski definition) is 1. The highest BCUT2D eigenvalue weighted by Crippen LogP contribution is 2.30. The molecule has 19 heavy (non-hydrogen) atoms. The van der Waals surface area contributed by atoms with Crippen molar-refractivity contribution in [3.8, 4) is 0 Å². The number of amides is 1. The minimum absolute atomic E-state index is 0.103. The summed E-state index contributed by atoms with van der Waals surface area (Å²) in [4.78, 5) is 12.3. The van der Waals surface area contributed by atoms with Crippen molar-refractivity contribution in [3.63, 3.8) is 0 Å². The molecular formula is C17H25NO. The lowest BCUT2D eigenvalue weighted by Crippen LogP contribution is -2.37. The number of unbranched alkanes of at least 4 members (excludes halogenated alkanes) is 1. The van der Waals surface area contributed by atoms with Crippen LogP contribution in [-0.4, -0.2) is 11.9 Å². The molecule has 2 rings (SSSR count). The summed E-state index contributed by atoms with van der Waals surface area (Å²) in [6, 6.07) is 8.22. The van der Waals surface area contributed by atoms with E-state index in [0.29, 0.717) is 12.0 Å². The highest BCUT2D eigenvalue weighted by Gasteiger charge is 2.28. The van der Waals surface area contributed by atoms with E-state index in [0.717, 1.165) is 17.5 Å². The zero-order valence-corrected chi connectivity index (χ0v) is 12.1. The Bertz CT molecular complexity index is 427. The monoisotopic (exact) mass is 259 g/mol. The van der Waals surface area contributed by atoms with Gasteiger partial charge in [-0.1, -0.05) is 44.4 Å². The smallest absolute Gasteiger partial charge is 0.251 e. The molecule has 1 aliphatic carbocycles.